The van der Waals surface area contributed by atoms with Crippen LogP contribution in [0.5, 0.6) is 0 Å². The number of tetrazole rings is 1. The van der Waals surface area contributed by atoms with Crippen LogP contribution in [0.3, 0.4) is 0 Å². The molecular weight excluding hydrogens is 298 g/mol. The third-order valence-corrected chi connectivity index (χ3v) is 4.15. The normalized spacial score (nSPS) is 12.9. The molecule has 1 rings (SSSR count). The first-order chi connectivity index (χ1) is 10.4. The average molecular weight is 327 g/mol. The van der Waals surface area contributed by atoms with E-state index in [4.69, 9.17) is 0 Å². The van der Waals surface area contributed by atoms with E-state index in [2.05, 4.69) is 55.5 Å². The molecule has 0 aromatic carbocycles. The van der Waals surface area contributed by atoms with E-state index in [0.29, 0.717) is 16.8 Å². The summed E-state index contributed by atoms with van der Waals surface area (Å²) in [4.78, 5) is 12.0. The molecule has 1 N–H and O–H groups in total. The molecule has 0 spiro atoms. The Labute approximate surface area is 137 Å². The smallest absolute Gasteiger partial charge is 0.230 e. The number of rotatable bonds is 10. The fourth-order valence-corrected chi connectivity index (χ4v) is 2.81. The second-order valence-corrected chi connectivity index (χ2v) is 7.56. The Hall–Kier alpha value is -1.11. The summed E-state index contributed by atoms with van der Waals surface area (Å²) in [6, 6.07) is 0.221. The van der Waals surface area contributed by atoms with Gasteiger partial charge in [-0.15, -0.1) is 5.10 Å². The molecule has 0 fully saturated rings. The highest BCUT2D eigenvalue weighted by Crippen LogP contribution is 2.15. The number of amides is 1. The molecule has 0 radical (unpaired) electrons. The van der Waals surface area contributed by atoms with Crippen LogP contribution < -0.4 is 5.32 Å². The SMILES string of the molecule is CC(C)CCCC(C)NC(=O)CSc1nnnn1CC(C)C. The number of hydrogen-bond donors (Lipinski definition) is 1. The predicted molar refractivity (Wildman–Crippen MR) is 89.7 cm³/mol. The Morgan fingerprint density at radius 2 is 1.91 bits per heavy atom. The van der Waals surface area contributed by atoms with Crippen LogP contribution in [0.15, 0.2) is 5.16 Å². The van der Waals surface area contributed by atoms with E-state index in [9.17, 15) is 4.79 Å². The number of aromatic nitrogens is 4. The van der Waals surface area contributed by atoms with Gasteiger partial charge in [-0.3, -0.25) is 4.79 Å². The number of carbonyl (C=O) groups is 1. The Kier molecular flexibility index (Phi) is 8.45. The van der Waals surface area contributed by atoms with Crippen LogP contribution in [0.25, 0.3) is 0 Å². The lowest BCUT2D eigenvalue weighted by atomic mass is 10.0. The van der Waals surface area contributed by atoms with E-state index in [1.807, 2.05) is 0 Å². The van der Waals surface area contributed by atoms with Gasteiger partial charge in [-0.1, -0.05) is 52.3 Å². The van der Waals surface area contributed by atoms with Crippen LogP contribution in [-0.2, 0) is 11.3 Å². The number of thioether (sulfide) groups is 1. The third kappa shape index (κ3) is 7.77. The van der Waals surface area contributed by atoms with Crippen molar-refractivity contribution in [1.82, 2.24) is 25.5 Å². The van der Waals surface area contributed by atoms with Crippen LogP contribution in [0.1, 0.15) is 53.9 Å². The number of carbonyl (C=O) groups excluding carboxylic acids is 1. The van der Waals surface area contributed by atoms with E-state index in [-0.39, 0.29) is 11.9 Å². The maximum absolute atomic E-state index is 12.0. The van der Waals surface area contributed by atoms with Crippen molar-refractivity contribution < 1.29 is 4.79 Å². The molecule has 0 saturated heterocycles. The highest BCUT2D eigenvalue weighted by molar-refractivity contribution is 7.99. The van der Waals surface area contributed by atoms with Crippen molar-refractivity contribution in [3.63, 3.8) is 0 Å². The van der Waals surface area contributed by atoms with E-state index >= 15 is 0 Å². The van der Waals surface area contributed by atoms with Crippen molar-refractivity contribution in [3.05, 3.63) is 0 Å². The van der Waals surface area contributed by atoms with E-state index in [0.717, 1.165) is 25.3 Å². The van der Waals surface area contributed by atoms with Crippen LogP contribution in [0, 0.1) is 11.8 Å². The zero-order valence-electron chi connectivity index (χ0n) is 14.4. The summed E-state index contributed by atoms with van der Waals surface area (Å²) in [6.45, 7) is 11.5. The summed E-state index contributed by atoms with van der Waals surface area (Å²) in [5.41, 5.74) is 0. The van der Waals surface area contributed by atoms with Crippen molar-refractivity contribution in [2.45, 2.75) is 71.6 Å². The lowest BCUT2D eigenvalue weighted by Crippen LogP contribution is -2.33. The fourth-order valence-electron chi connectivity index (χ4n) is 2.11. The van der Waals surface area contributed by atoms with Crippen LogP contribution in [-0.4, -0.2) is 37.9 Å². The van der Waals surface area contributed by atoms with Crippen LogP contribution in [0.4, 0.5) is 0 Å². The molecule has 6 nitrogen and oxygen atoms in total. The standard InChI is InChI=1S/C15H29N5OS/c1-11(2)7-6-8-13(5)16-14(21)10-22-15-17-18-19-20(15)9-12(3)4/h11-13H,6-10H2,1-5H3,(H,16,21). The minimum Gasteiger partial charge on any atom is -0.353 e. The second-order valence-electron chi connectivity index (χ2n) is 6.62. The fraction of sp³-hybridized carbons (Fsp3) is 0.867. The molecule has 1 aromatic rings. The Balaban J connectivity index is 2.29. The van der Waals surface area contributed by atoms with E-state index in [1.54, 1.807) is 4.68 Å². The molecule has 1 heterocycles. The molecule has 1 amide bonds. The van der Waals surface area contributed by atoms with Gasteiger partial charge in [-0.25, -0.2) is 4.68 Å². The highest BCUT2D eigenvalue weighted by Gasteiger charge is 2.12. The van der Waals surface area contributed by atoms with Gasteiger partial charge in [0.2, 0.25) is 11.1 Å². The molecular formula is C15H29N5OS. The summed E-state index contributed by atoms with van der Waals surface area (Å²) in [6.07, 6.45) is 3.39. The number of nitrogens with one attached hydrogen (secondary N) is 1. The lowest BCUT2D eigenvalue weighted by molar-refractivity contribution is -0.119. The molecule has 0 saturated carbocycles. The average Bonchev–Trinajstić information content (AvgIpc) is 2.82. The third-order valence-electron chi connectivity index (χ3n) is 3.20. The zero-order valence-corrected chi connectivity index (χ0v) is 15.2. The summed E-state index contributed by atoms with van der Waals surface area (Å²) >= 11 is 1.39. The molecule has 1 aromatic heterocycles. The van der Waals surface area contributed by atoms with E-state index in [1.165, 1.54) is 18.2 Å². The highest BCUT2D eigenvalue weighted by atomic mass is 32.2. The maximum atomic E-state index is 12.0. The van der Waals surface area contributed by atoms with Crippen molar-refractivity contribution >= 4 is 17.7 Å². The zero-order chi connectivity index (χ0) is 16.5. The minimum absolute atomic E-state index is 0.0427. The van der Waals surface area contributed by atoms with Crippen molar-refractivity contribution in [1.29, 1.82) is 0 Å². The molecule has 126 valence electrons. The van der Waals surface area contributed by atoms with Gasteiger partial charge in [-0.05, 0) is 35.6 Å². The summed E-state index contributed by atoms with van der Waals surface area (Å²) < 4.78 is 1.76. The lowest BCUT2D eigenvalue weighted by Gasteiger charge is -2.14. The van der Waals surface area contributed by atoms with Gasteiger partial charge in [0.25, 0.3) is 0 Å². The predicted octanol–water partition coefficient (Wildman–Crippen LogP) is 2.75. The van der Waals surface area contributed by atoms with Gasteiger partial charge >= 0.3 is 0 Å². The van der Waals surface area contributed by atoms with Gasteiger partial charge in [0.15, 0.2) is 0 Å². The van der Waals surface area contributed by atoms with Gasteiger partial charge in [-0.2, -0.15) is 0 Å². The molecule has 0 bridgehead atoms. The van der Waals surface area contributed by atoms with Gasteiger partial charge < -0.3 is 5.32 Å². The van der Waals surface area contributed by atoms with Gasteiger partial charge in [0.05, 0.1) is 5.75 Å². The van der Waals surface area contributed by atoms with Crippen molar-refractivity contribution in [2.24, 2.45) is 11.8 Å². The summed E-state index contributed by atoms with van der Waals surface area (Å²) in [5, 5.41) is 15.4. The molecule has 1 atom stereocenters. The van der Waals surface area contributed by atoms with Crippen LogP contribution in [0.2, 0.25) is 0 Å². The van der Waals surface area contributed by atoms with Crippen molar-refractivity contribution in [2.75, 3.05) is 5.75 Å². The minimum atomic E-state index is 0.0427. The summed E-state index contributed by atoms with van der Waals surface area (Å²) in [7, 11) is 0. The molecule has 0 aliphatic carbocycles. The Morgan fingerprint density at radius 1 is 1.18 bits per heavy atom. The van der Waals surface area contributed by atoms with Crippen molar-refractivity contribution in [3.8, 4) is 0 Å². The van der Waals surface area contributed by atoms with Gasteiger partial charge in [0, 0.05) is 12.6 Å². The molecule has 7 heteroatoms. The molecule has 0 aliphatic rings. The Bertz CT molecular complexity index is 447. The van der Waals surface area contributed by atoms with E-state index < -0.39 is 0 Å². The number of nitrogens with zero attached hydrogens (tertiary/aromatic N) is 4. The second kappa shape index (κ2) is 9.82. The monoisotopic (exact) mass is 327 g/mol. The first kappa shape index (κ1) is 18.9. The van der Waals surface area contributed by atoms with Gasteiger partial charge in [0.1, 0.15) is 0 Å². The Morgan fingerprint density at radius 3 is 2.55 bits per heavy atom. The molecule has 22 heavy (non-hydrogen) atoms. The quantitative estimate of drug-likeness (QED) is 0.669. The largest absolute Gasteiger partial charge is 0.353 e. The van der Waals surface area contributed by atoms with Crippen LogP contribution >= 0.6 is 11.8 Å². The first-order valence-electron chi connectivity index (χ1n) is 8.06. The first-order valence-corrected chi connectivity index (χ1v) is 9.05. The molecule has 1 unspecified atom stereocenters. The number of hydrogen-bond acceptors (Lipinski definition) is 5. The topological polar surface area (TPSA) is 72.7 Å². The maximum Gasteiger partial charge on any atom is 0.230 e. The molecule has 0 aliphatic heterocycles. The summed E-state index contributed by atoms with van der Waals surface area (Å²) in [5.74, 6) is 1.59.